The molecule has 2 rings (SSSR count). The van der Waals surface area contributed by atoms with Gasteiger partial charge in [-0.25, -0.2) is 13.1 Å². The minimum absolute atomic E-state index is 0. The lowest BCUT2D eigenvalue weighted by Gasteiger charge is -2.29. The molecule has 0 aromatic rings. The molecule has 2 saturated heterocycles. The largest absolute Gasteiger partial charge is 0.383 e. The van der Waals surface area contributed by atoms with Gasteiger partial charge in [0.25, 0.3) is 0 Å². The third-order valence-corrected chi connectivity index (χ3v) is 5.21. The van der Waals surface area contributed by atoms with E-state index in [9.17, 15) is 8.42 Å². The second-order valence-corrected chi connectivity index (χ2v) is 7.33. The fourth-order valence-electron chi connectivity index (χ4n) is 2.80. The second kappa shape index (κ2) is 7.91. The first-order valence-electron chi connectivity index (χ1n) is 6.88. The normalized spacial score (nSPS) is 30.4. The summed E-state index contributed by atoms with van der Waals surface area (Å²) in [5, 5.41) is 3.35. The summed E-state index contributed by atoms with van der Waals surface area (Å²) < 4.78 is 37.3. The molecule has 0 radical (unpaired) electrons. The molecule has 2 aliphatic rings. The predicted molar refractivity (Wildman–Crippen MR) is 79.9 cm³/mol. The quantitative estimate of drug-likeness (QED) is 0.702. The van der Waals surface area contributed by atoms with Gasteiger partial charge in [-0.15, -0.1) is 12.4 Å². The van der Waals surface area contributed by atoms with Crippen LogP contribution in [0.3, 0.4) is 0 Å². The SMILES string of the molecule is COCC1(CNS(=O)(=O)CC2CCCO2)CCCN1.Cl. The van der Waals surface area contributed by atoms with Crippen LogP contribution in [0.15, 0.2) is 0 Å². The first-order valence-corrected chi connectivity index (χ1v) is 8.53. The molecule has 2 heterocycles. The van der Waals surface area contributed by atoms with Gasteiger partial charge in [0.1, 0.15) is 0 Å². The highest BCUT2D eigenvalue weighted by Crippen LogP contribution is 2.19. The highest BCUT2D eigenvalue weighted by atomic mass is 35.5. The Hall–Kier alpha value is 0.0800. The van der Waals surface area contributed by atoms with Crippen LogP contribution in [0.2, 0.25) is 0 Å². The van der Waals surface area contributed by atoms with Gasteiger partial charge < -0.3 is 14.8 Å². The summed E-state index contributed by atoms with van der Waals surface area (Å²) in [6.45, 7) is 2.50. The molecule has 20 heavy (non-hydrogen) atoms. The third kappa shape index (κ3) is 5.13. The number of hydrogen-bond donors (Lipinski definition) is 2. The van der Waals surface area contributed by atoms with Crippen molar-refractivity contribution in [2.24, 2.45) is 0 Å². The van der Waals surface area contributed by atoms with E-state index in [0.717, 1.165) is 32.2 Å². The van der Waals surface area contributed by atoms with Crippen LogP contribution in [0.25, 0.3) is 0 Å². The van der Waals surface area contributed by atoms with Gasteiger partial charge in [0.2, 0.25) is 10.0 Å². The van der Waals surface area contributed by atoms with E-state index in [-0.39, 0.29) is 29.8 Å². The predicted octanol–water partition coefficient (Wildman–Crippen LogP) is 0.275. The number of nitrogens with one attached hydrogen (secondary N) is 2. The van der Waals surface area contributed by atoms with Gasteiger partial charge in [0.05, 0.1) is 24.0 Å². The molecule has 0 saturated carbocycles. The van der Waals surface area contributed by atoms with Crippen molar-refractivity contribution in [3.8, 4) is 0 Å². The summed E-state index contributed by atoms with van der Waals surface area (Å²) in [6, 6.07) is 0. The van der Waals surface area contributed by atoms with Gasteiger partial charge in [-0.1, -0.05) is 0 Å². The Morgan fingerprint density at radius 3 is 2.80 bits per heavy atom. The van der Waals surface area contributed by atoms with E-state index in [4.69, 9.17) is 9.47 Å². The Kier molecular flexibility index (Phi) is 7.17. The van der Waals surface area contributed by atoms with Crippen LogP contribution >= 0.6 is 12.4 Å². The van der Waals surface area contributed by atoms with Crippen LogP contribution in [0.4, 0.5) is 0 Å². The van der Waals surface area contributed by atoms with Gasteiger partial charge in [-0.2, -0.15) is 0 Å². The number of rotatable bonds is 7. The molecule has 2 fully saturated rings. The van der Waals surface area contributed by atoms with Gasteiger partial charge in [-0.3, -0.25) is 0 Å². The molecule has 0 spiro atoms. The maximum atomic E-state index is 12.0. The van der Waals surface area contributed by atoms with E-state index in [2.05, 4.69) is 10.0 Å². The standard InChI is InChI=1S/C12H24N2O4S.ClH/c1-17-10-12(5-3-6-13-12)9-14-19(15,16)8-11-4-2-7-18-11;/h11,13-14H,2-10H2,1H3;1H. The minimum Gasteiger partial charge on any atom is -0.383 e. The van der Waals surface area contributed by atoms with Crippen LogP contribution in [-0.4, -0.2) is 59.2 Å². The number of methoxy groups -OCH3 is 1. The molecular formula is C12H25ClN2O4S. The van der Waals surface area contributed by atoms with E-state index < -0.39 is 10.0 Å². The monoisotopic (exact) mass is 328 g/mol. The number of sulfonamides is 1. The molecule has 0 aromatic heterocycles. The van der Waals surface area contributed by atoms with E-state index in [0.29, 0.717) is 19.8 Å². The summed E-state index contributed by atoms with van der Waals surface area (Å²) in [7, 11) is -1.64. The van der Waals surface area contributed by atoms with E-state index in [1.54, 1.807) is 7.11 Å². The molecule has 2 N–H and O–H groups in total. The van der Waals surface area contributed by atoms with Crippen molar-refractivity contribution in [3.63, 3.8) is 0 Å². The van der Waals surface area contributed by atoms with Crippen molar-refractivity contribution < 1.29 is 17.9 Å². The molecule has 8 heteroatoms. The fourth-order valence-corrected chi connectivity index (χ4v) is 4.16. The Labute approximate surface area is 127 Å². The first-order chi connectivity index (χ1) is 9.05. The maximum Gasteiger partial charge on any atom is 0.214 e. The van der Waals surface area contributed by atoms with Crippen molar-refractivity contribution in [3.05, 3.63) is 0 Å². The van der Waals surface area contributed by atoms with Crippen LogP contribution in [0.1, 0.15) is 25.7 Å². The van der Waals surface area contributed by atoms with Crippen molar-refractivity contribution in [1.82, 2.24) is 10.0 Å². The van der Waals surface area contributed by atoms with Crippen molar-refractivity contribution in [1.29, 1.82) is 0 Å². The van der Waals surface area contributed by atoms with Gasteiger partial charge >= 0.3 is 0 Å². The fraction of sp³-hybridized carbons (Fsp3) is 1.00. The van der Waals surface area contributed by atoms with E-state index in [1.807, 2.05) is 0 Å². The van der Waals surface area contributed by atoms with Gasteiger partial charge in [0.15, 0.2) is 0 Å². The maximum absolute atomic E-state index is 12.0. The van der Waals surface area contributed by atoms with Crippen LogP contribution in [-0.2, 0) is 19.5 Å². The van der Waals surface area contributed by atoms with Crippen LogP contribution in [0, 0.1) is 0 Å². The zero-order valence-corrected chi connectivity index (χ0v) is 13.5. The molecule has 2 aliphatic heterocycles. The molecule has 2 unspecified atom stereocenters. The zero-order valence-electron chi connectivity index (χ0n) is 11.9. The van der Waals surface area contributed by atoms with Crippen molar-refractivity contribution in [2.75, 3.05) is 39.2 Å². The van der Waals surface area contributed by atoms with Crippen molar-refractivity contribution in [2.45, 2.75) is 37.3 Å². The zero-order chi connectivity index (χ0) is 13.8. The van der Waals surface area contributed by atoms with Gasteiger partial charge in [-0.05, 0) is 32.2 Å². The number of ether oxygens (including phenoxy) is 2. The average molecular weight is 329 g/mol. The Balaban J connectivity index is 0.00000200. The van der Waals surface area contributed by atoms with Crippen LogP contribution < -0.4 is 10.0 Å². The lowest BCUT2D eigenvalue weighted by Crippen LogP contribution is -2.53. The number of halogens is 1. The summed E-state index contributed by atoms with van der Waals surface area (Å²) in [5.41, 5.74) is -0.252. The molecule has 6 nitrogen and oxygen atoms in total. The van der Waals surface area contributed by atoms with Crippen molar-refractivity contribution >= 4 is 22.4 Å². The summed E-state index contributed by atoms with van der Waals surface area (Å²) >= 11 is 0. The Bertz CT molecular complexity index is 379. The van der Waals surface area contributed by atoms with E-state index in [1.165, 1.54) is 0 Å². The summed E-state index contributed by atoms with van der Waals surface area (Å²) in [5.74, 6) is 0.0655. The van der Waals surface area contributed by atoms with Crippen LogP contribution in [0.5, 0.6) is 0 Å². The van der Waals surface area contributed by atoms with E-state index >= 15 is 0 Å². The molecule has 0 aliphatic carbocycles. The van der Waals surface area contributed by atoms with Gasteiger partial charge in [0, 0.05) is 20.3 Å². The molecule has 0 amide bonds. The first kappa shape index (κ1) is 18.1. The smallest absolute Gasteiger partial charge is 0.214 e. The lowest BCUT2D eigenvalue weighted by molar-refractivity contribution is 0.121. The third-order valence-electron chi connectivity index (χ3n) is 3.81. The summed E-state index contributed by atoms with van der Waals surface area (Å²) in [4.78, 5) is 0. The summed E-state index contributed by atoms with van der Waals surface area (Å²) in [6.07, 6.45) is 3.63. The second-order valence-electron chi connectivity index (χ2n) is 5.48. The molecule has 0 bridgehead atoms. The molecule has 2 atom stereocenters. The topological polar surface area (TPSA) is 76.7 Å². The average Bonchev–Trinajstić information content (AvgIpc) is 2.99. The Morgan fingerprint density at radius 2 is 2.25 bits per heavy atom. The minimum atomic E-state index is -3.28. The Morgan fingerprint density at radius 1 is 1.45 bits per heavy atom. The molecular weight excluding hydrogens is 304 g/mol. The highest BCUT2D eigenvalue weighted by Gasteiger charge is 2.35. The lowest BCUT2D eigenvalue weighted by atomic mass is 9.99. The molecule has 120 valence electrons. The molecule has 0 aromatic carbocycles. The highest BCUT2D eigenvalue weighted by molar-refractivity contribution is 7.89. The number of hydrogen-bond acceptors (Lipinski definition) is 5.